The summed E-state index contributed by atoms with van der Waals surface area (Å²) in [6, 6.07) is 9.51. The molecule has 4 rings (SSSR count). The van der Waals surface area contributed by atoms with E-state index < -0.39 is 10.0 Å². The van der Waals surface area contributed by atoms with Crippen molar-refractivity contribution in [3.05, 3.63) is 63.2 Å². The Labute approximate surface area is 205 Å². The van der Waals surface area contributed by atoms with E-state index in [1.807, 2.05) is 31.2 Å². The molecular weight excluding hydrogens is 468 g/mol. The number of sulfonamides is 1. The van der Waals surface area contributed by atoms with Crippen LogP contribution >= 0.6 is 0 Å². The fraction of sp³-hybridized carbons (Fsp3) is 0.440. The second-order valence-electron chi connectivity index (χ2n) is 9.20. The van der Waals surface area contributed by atoms with Gasteiger partial charge < -0.3 is 19.6 Å². The molecule has 0 saturated carbocycles. The van der Waals surface area contributed by atoms with Gasteiger partial charge in [0, 0.05) is 41.9 Å². The van der Waals surface area contributed by atoms with Crippen LogP contribution in [0, 0.1) is 19.8 Å². The van der Waals surface area contributed by atoms with Gasteiger partial charge in [-0.15, -0.1) is 0 Å². The topological polar surface area (TPSA) is 114 Å². The third-order valence-corrected chi connectivity index (χ3v) is 8.12. The summed E-state index contributed by atoms with van der Waals surface area (Å²) in [5.74, 6) is 0.492. The van der Waals surface area contributed by atoms with E-state index in [1.165, 1.54) is 17.7 Å². The van der Waals surface area contributed by atoms with E-state index in [1.54, 1.807) is 13.0 Å². The first-order chi connectivity index (χ1) is 16.6. The van der Waals surface area contributed by atoms with Crippen molar-refractivity contribution >= 4 is 26.8 Å². The van der Waals surface area contributed by atoms with Crippen LogP contribution in [0.3, 0.4) is 0 Å². The molecule has 0 bridgehead atoms. The largest absolute Gasteiger partial charge is 0.496 e. The summed E-state index contributed by atoms with van der Waals surface area (Å²) in [5.41, 5.74) is 3.15. The molecule has 0 radical (unpaired) electrons. The second-order valence-corrected chi connectivity index (χ2v) is 11.2. The van der Waals surface area contributed by atoms with Crippen LogP contribution in [0.1, 0.15) is 40.2 Å². The van der Waals surface area contributed by atoms with Crippen molar-refractivity contribution in [2.45, 2.75) is 39.8 Å². The monoisotopic (exact) mass is 500 g/mol. The number of amides is 1. The lowest BCUT2D eigenvalue weighted by Crippen LogP contribution is -2.38. The lowest BCUT2D eigenvalue weighted by atomic mass is 9.98. The fourth-order valence-corrected chi connectivity index (χ4v) is 5.80. The second kappa shape index (κ2) is 9.87. The van der Waals surface area contributed by atoms with Crippen molar-refractivity contribution in [2.24, 2.45) is 5.92 Å². The number of pyridine rings is 1. The normalized spacial score (nSPS) is 15.4. The first kappa shape index (κ1) is 25.0. The van der Waals surface area contributed by atoms with Gasteiger partial charge in [0.1, 0.15) is 5.75 Å². The van der Waals surface area contributed by atoms with Gasteiger partial charge in [-0.05, 0) is 44.7 Å². The predicted molar refractivity (Wildman–Crippen MR) is 135 cm³/mol. The quantitative estimate of drug-likeness (QED) is 0.518. The number of rotatable bonds is 7. The Bertz CT molecular complexity index is 1420. The SMILES string of the molecule is COc1cc(C)[nH]c(=O)c1CNC(=O)c1c(C)n(CC2CCN(S(C)(=O)=O)CC2)c2ccccc12. The highest BCUT2D eigenvalue weighted by molar-refractivity contribution is 7.88. The molecular formula is C25H32N4O5S. The van der Waals surface area contributed by atoms with Crippen LogP contribution in [0.4, 0.5) is 0 Å². The summed E-state index contributed by atoms with van der Waals surface area (Å²) in [5, 5.41) is 3.75. The number of aromatic amines is 1. The molecule has 1 fully saturated rings. The molecule has 10 heteroatoms. The van der Waals surface area contributed by atoms with E-state index in [2.05, 4.69) is 14.9 Å². The number of methoxy groups -OCH3 is 1. The molecule has 1 amide bonds. The Morgan fingerprint density at radius 2 is 1.89 bits per heavy atom. The lowest BCUT2D eigenvalue weighted by Gasteiger charge is -2.30. The van der Waals surface area contributed by atoms with Gasteiger partial charge >= 0.3 is 0 Å². The molecule has 0 aliphatic carbocycles. The maximum atomic E-state index is 13.3. The zero-order valence-corrected chi connectivity index (χ0v) is 21.4. The third-order valence-electron chi connectivity index (χ3n) is 6.82. The Kier molecular flexibility index (Phi) is 7.05. The minimum absolute atomic E-state index is 0.0422. The van der Waals surface area contributed by atoms with Crippen LogP contribution in [0.15, 0.2) is 35.1 Å². The maximum Gasteiger partial charge on any atom is 0.256 e. The zero-order chi connectivity index (χ0) is 25.3. The highest BCUT2D eigenvalue weighted by Crippen LogP contribution is 2.29. The first-order valence-electron chi connectivity index (χ1n) is 11.7. The smallest absolute Gasteiger partial charge is 0.256 e. The number of H-pyrrole nitrogens is 1. The average molecular weight is 501 g/mol. The summed E-state index contributed by atoms with van der Waals surface area (Å²) >= 11 is 0. The number of ether oxygens (including phenoxy) is 1. The molecule has 188 valence electrons. The highest BCUT2D eigenvalue weighted by atomic mass is 32.2. The highest BCUT2D eigenvalue weighted by Gasteiger charge is 2.27. The number of nitrogens with zero attached hydrogens (tertiary/aromatic N) is 2. The molecule has 0 spiro atoms. The molecule has 1 saturated heterocycles. The van der Waals surface area contributed by atoms with Crippen molar-refractivity contribution in [1.82, 2.24) is 19.2 Å². The van der Waals surface area contributed by atoms with Gasteiger partial charge in [-0.3, -0.25) is 9.59 Å². The third kappa shape index (κ3) is 5.13. The van der Waals surface area contributed by atoms with E-state index >= 15 is 0 Å². The Morgan fingerprint density at radius 1 is 1.20 bits per heavy atom. The molecule has 0 unspecified atom stereocenters. The molecule has 3 aromatic rings. The zero-order valence-electron chi connectivity index (χ0n) is 20.6. The number of para-hydroxylation sites is 1. The van der Waals surface area contributed by atoms with Crippen molar-refractivity contribution in [3.8, 4) is 5.75 Å². The van der Waals surface area contributed by atoms with Gasteiger partial charge in [-0.1, -0.05) is 18.2 Å². The molecule has 35 heavy (non-hydrogen) atoms. The summed E-state index contributed by atoms with van der Waals surface area (Å²) in [4.78, 5) is 28.5. The van der Waals surface area contributed by atoms with Crippen LogP contribution in [0.2, 0.25) is 0 Å². The van der Waals surface area contributed by atoms with E-state index in [-0.39, 0.29) is 18.0 Å². The first-order valence-corrected chi connectivity index (χ1v) is 13.5. The van der Waals surface area contributed by atoms with Gasteiger partial charge in [-0.2, -0.15) is 0 Å². The molecule has 2 aromatic heterocycles. The lowest BCUT2D eigenvalue weighted by molar-refractivity contribution is 0.0951. The predicted octanol–water partition coefficient (Wildman–Crippen LogP) is 2.56. The van der Waals surface area contributed by atoms with E-state index in [0.29, 0.717) is 48.1 Å². The number of hydrogen-bond acceptors (Lipinski definition) is 5. The van der Waals surface area contributed by atoms with Crippen molar-refractivity contribution in [2.75, 3.05) is 26.5 Å². The molecule has 2 N–H and O–H groups in total. The van der Waals surface area contributed by atoms with Gasteiger partial charge in [0.05, 0.1) is 31.0 Å². The molecule has 9 nitrogen and oxygen atoms in total. The Hall–Kier alpha value is -3.11. The van der Waals surface area contributed by atoms with Gasteiger partial charge in [0.25, 0.3) is 11.5 Å². The van der Waals surface area contributed by atoms with Gasteiger partial charge in [0.2, 0.25) is 10.0 Å². The van der Waals surface area contributed by atoms with Crippen LogP contribution in [-0.4, -0.2) is 54.6 Å². The summed E-state index contributed by atoms with van der Waals surface area (Å²) in [6.45, 7) is 5.49. The molecule has 3 heterocycles. The van der Waals surface area contributed by atoms with Gasteiger partial charge in [0.15, 0.2) is 0 Å². The van der Waals surface area contributed by atoms with Gasteiger partial charge in [-0.25, -0.2) is 12.7 Å². The standard InChI is InChI=1S/C25H32N4O5S/c1-16-13-22(34-3)20(24(30)27-16)14-26-25(31)23-17(2)29(21-8-6-5-7-19(21)23)15-18-9-11-28(12-10-18)35(4,32)33/h5-8,13,18H,9-12,14-15H2,1-4H3,(H,26,31)(H,27,30). The van der Waals surface area contributed by atoms with Crippen LogP contribution in [0.25, 0.3) is 10.9 Å². The van der Waals surface area contributed by atoms with Crippen molar-refractivity contribution < 1.29 is 17.9 Å². The summed E-state index contributed by atoms with van der Waals surface area (Å²) in [7, 11) is -1.67. The fourth-order valence-electron chi connectivity index (χ4n) is 4.93. The van der Waals surface area contributed by atoms with Crippen LogP contribution < -0.4 is 15.6 Å². The number of aromatic nitrogens is 2. The number of piperidine rings is 1. The molecule has 1 aromatic carbocycles. The molecule has 0 atom stereocenters. The van der Waals surface area contributed by atoms with E-state index in [9.17, 15) is 18.0 Å². The molecule has 1 aliphatic heterocycles. The minimum atomic E-state index is -3.17. The number of nitrogens with one attached hydrogen (secondary N) is 2. The number of aryl methyl sites for hydroxylation is 1. The summed E-state index contributed by atoms with van der Waals surface area (Å²) < 4.78 is 32.7. The number of carbonyl (C=O) groups excluding carboxylic acids is 1. The van der Waals surface area contributed by atoms with Crippen LogP contribution in [0.5, 0.6) is 5.75 Å². The summed E-state index contributed by atoms with van der Waals surface area (Å²) in [6.07, 6.45) is 2.80. The Balaban J connectivity index is 1.58. The number of benzene rings is 1. The van der Waals surface area contributed by atoms with Crippen LogP contribution in [-0.2, 0) is 23.1 Å². The molecule has 1 aliphatic rings. The van der Waals surface area contributed by atoms with E-state index in [4.69, 9.17) is 4.74 Å². The minimum Gasteiger partial charge on any atom is -0.496 e. The average Bonchev–Trinajstić information content (AvgIpc) is 3.09. The van der Waals surface area contributed by atoms with E-state index in [0.717, 1.165) is 29.4 Å². The van der Waals surface area contributed by atoms with Crippen molar-refractivity contribution in [1.29, 1.82) is 0 Å². The Morgan fingerprint density at radius 3 is 2.54 bits per heavy atom. The van der Waals surface area contributed by atoms with Crippen molar-refractivity contribution in [3.63, 3.8) is 0 Å². The number of hydrogen-bond donors (Lipinski definition) is 2. The number of fused-ring (bicyclic) bond motifs is 1. The maximum absolute atomic E-state index is 13.3. The number of carbonyl (C=O) groups is 1.